The van der Waals surface area contributed by atoms with Crippen molar-refractivity contribution in [1.29, 1.82) is 0 Å². The maximum absolute atomic E-state index is 6.28. The van der Waals surface area contributed by atoms with Crippen LogP contribution in [0, 0.1) is 5.92 Å². The maximum Gasteiger partial charge on any atom is 0.0473 e. The fraction of sp³-hybridized carbons (Fsp3) is 0.625. The highest BCUT2D eigenvalue weighted by atomic mass is 15.0. The van der Waals surface area contributed by atoms with Gasteiger partial charge in [0.25, 0.3) is 0 Å². The SMILES string of the molecule is CC1CNC(c2ccc(C3(C)CC3)cc2)C(N)C1. The summed E-state index contributed by atoms with van der Waals surface area (Å²) in [5.74, 6) is 0.695. The molecule has 2 heteroatoms. The Morgan fingerprint density at radius 1 is 1.22 bits per heavy atom. The lowest BCUT2D eigenvalue weighted by Gasteiger charge is -2.34. The second-order valence-electron chi connectivity index (χ2n) is 6.57. The van der Waals surface area contributed by atoms with Gasteiger partial charge in [0.1, 0.15) is 0 Å². The van der Waals surface area contributed by atoms with E-state index in [-0.39, 0.29) is 6.04 Å². The molecular formula is C16H24N2. The highest BCUT2D eigenvalue weighted by Gasteiger charge is 2.38. The third kappa shape index (κ3) is 2.19. The highest BCUT2D eigenvalue weighted by Crippen LogP contribution is 2.47. The molecule has 1 heterocycles. The molecule has 1 aromatic carbocycles. The molecule has 3 rings (SSSR count). The fourth-order valence-corrected chi connectivity index (χ4v) is 3.10. The van der Waals surface area contributed by atoms with Crippen LogP contribution in [-0.4, -0.2) is 12.6 Å². The number of hydrogen-bond acceptors (Lipinski definition) is 2. The van der Waals surface area contributed by atoms with E-state index in [9.17, 15) is 0 Å². The van der Waals surface area contributed by atoms with Crippen LogP contribution in [0.5, 0.6) is 0 Å². The van der Waals surface area contributed by atoms with Crippen LogP contribution in [0.3, 0.4) is 0 Å². The van der Waals surface area contributed by atoms with E-state index < -0.39 is 0 Å². The first kappa shape index (κ1) is 12.2. The van der Waals surface area contributed by atoms with Crippen molar-refractivity contribution in [3.05, 3.63) is 35.4 Å². The second kappa shape index (κ2) is 4.36. The summed E-state index contributed by atoms with van der Waals surface area (Å²) < 4.78 is 0. The van der Waals surface area contributed by atoms with Crippen molar-refractivity contribution in [3.63, 3.8) is 0 Å². The Balaban J connectivity index is 1.76. The topological polar surface area (TPSA) is 38.0 Å². The summed E-state index contributed by atoms with van der Waals surface area (Å²) in [6.07, 6.45) is 3.80. The van der Waals surface area contributed by atoms with Crippen LogP contribution < -0.4 is 11.1 Å². The first-order valence-electron chi connectivity index (χ1n) is 7.18. The van der Waals surface area contributed by atoms with Gasteiger partial charge >= 0.3 is 0 Å². The summed E-state index contributed by atoms with van der Waals surface area (Å²) in [6.45, 7) is 5.70. The minimum atomic E-state index is 0.246. The van der Waals surface area contributed by atoms with E-state index in [1.54, 1.807) is 0 Å². The Hall–Kier alpha value is -0.860. The molecule has 18 heavy (non-hydrogen) atoms. The summed E-state index contributed by atoms with van der Waals surface area (Å²) in [5.41, 5.74) is 9.58. The van der Waals surface area contributed by atoms with E-state index in [4.69, 9.17) is 5.73 Å². The number of piperidine rings is 1. The quantitative estimate of drug-likeness (QED) is 0.839. The zero-order valence-electron chi connectivity index (χ0n) is 11.4. The Kier molecular flexibility index (Phi) is 2.95. The number of nitrogens with one attached hydrogen (secondary N) is 1. The molecule has 1 aliphatic heterocycles. The monoisotopic (exact) mass is 244 g/mol. The zero-order valence-corrected chi connectivity index (χ0v) is 11.4. The Morgan fingerprint density at radius 2 is 1.89 bits per heavy atom. The molecule has 2 aliphatic rings. The van der Waals surface area contributed by atoms with Gasteiger partial charge < -0.3 is 11.1 Å². The Labute approximate surface area is 110 Å². The molecule has 3 atom stereocenters. The summed E-state index contributed by atoms with van der Waals surface area (Å²) >= 11 is 0. The fourth-order valence-electron chi connectivity index (χ4n) is 3.10. The average Bonchev–Trinajstić information content (AvgIpc) is 3.09. The zero-order chi connectivity index (χ0) is 12.8. The van der Waals surface area contributed by atoms with Gasteiger partial charge in [-0.25, -0.2) is 0 Å². The third-order valence-electron chi connectivity index (χ3n) is 4.76. The molecule has 0 radical (unpaired) electrons. The molecule has 2 nitrogen and oxygen atoms in total. The van der Waals surface area contributed by atoms with E-state index in [1.165, 1.54) is 24.0 Å². The van der Waals surface area contributed by atoms with Crippen LogP contribution in [0.4, 0.5) is 0 Å². The van der Waals surface area contributed by atoms with Crippen LogP contribution in [0.25, 0.3) is 0 Å². The van der Waals surface area contributed by atoms with Gasteiger partial charge in [-0.1, -0.05) is 38.1 Å². The molecule has 1 saturated heterocycles. The minimum Gasteiger partial charge on any atom is -0.326 e. The van der Waals surface area contributed by atoms with Crippen LogP contribution in [0.1, 0.15) is 50.3 Å². The van der Waals surface area contributed by atoms with Gasteiger partial charge in [-0.05, 0) is 48.3 Å². The molecule has 3 N–H and O–H groups in total. The van der Waals surface area contributed by atoms with Gasteiger partial charge in [0.2, 0.25) is 0 Å². The smallest absolute Gasteiger partial charge is 0.0473 e. The molecule has 0 aromatic heterocycles. The highest BCUT2D eigenvalue weighted by molar-refractivity contribution is 5.34. The molecule has 1 aliphatic carbocycles. The van der Waals surface area contributed by atoms with Gasteiger partial charge in [-0.3, -0.25) is 0 Å². The van der Waals surface area contributed by atoms with Gasteiger partial charge in [-0.15, -0.1) is 0 Å². The molecule has 0 amide bonds. The van der Waals surface area contributed by atoms with Crippen molar-refractivity contribution < 1.29 is 0 Å². The number of hydrogen-bond donors (Lipinski definition) is 2. The molecule has 1 aromatic rings. The number of nitrogens with two attached hydrogens (primary N) is 1. The molecule has 2 fully saturated rings. The third-order valence-corrected chi connectivity index (χ3v) is 4.76. The molecular weight excluding hydrogens is 220 g/mol. The number of rotatable bonds is 2. The Bertz CT molecular complexity index is 419. The van der Waals surface area contributed by atoms with Crippen molar-refractivity contribution in [1.82, 2.24) is 5.32 Å². The summed E-state index contributed by atoms with van der Waals surface area (Å²) in [5, 5.41) is 3.58. The van der Waals surface area contributed by atoms with Crippen LogP contribution in [-0.2, 0) is 5.41 Å². The van der Waals surface area contributed by atoms with Gasteiger partial charge in [0.05, 0.1) is 0 Å². The standard InChI is InChI=1S/C16H24N2/c1-11-9-14(17)15(18-10-11)12-3-5-13(6-4-12)16(2)7-8-16/h3-6,11,14-15,18H,7-10,17H2,1-2H3. The average molecular weight is 244 g/mol. The second-order valence-corrected chi connectivity index (χ2v) is 6.57. The molecule has 3 unspecified atom stereocenters. The summed E-state index contributed by atoms with van der Waals surface area (Å²) in [4.78, 5) is 0. The van der Waals surface area contributed by atoms with Crippen LogP contribution in [0.2, 0.25) is 0 Å². The molecule has 0 spiro atoms. The van der Waals surface area contributed by atoms with Gasteiger partial charge in [0, 0.05) is 12.1 Å². The van der Waals surface area contributed by atoms with Gasteiger partial charge in [-0.2, -0.15) is 0 Å². The van der Waals surface area contributed by atoms with E-state index in [0.29, 0.717) is 17.4 Å². The van der Waals surface area contributed by atoms with E-state index in [2.05, 4.69) is 43.4 Å². The van der Waals surface area contributed by atoms with Crippen molar-refractivity contribution in [2.75, 3.05) is 6.54 Å². The predicted molar refractivity (Wildman–Crippen MR) is 75.5 cm³/mol. The van der Waals surface area contributed by atoms with Crippen LogP contribution >= 0.6 is 0 Å². The van der Waals surface area contributed by atoms with Crippen molar-refractivity contribution in [3.8, 4) is 0 Å². The van der Waals surface area contributed by atoms with E-state index in [0.717, 1.165) is 13.0 Å². The molecule has 0 bridgehead atoms. The number of benzene rings is 1. The largest absolute Gasteiger partial charge is 0.326 e. The predicted octanol–water partition coefficient (Wildman–Crippen LogP) is 2.74. The van der Waals surface area contributed by atoms with Crippen LogP contribution in [0.15, 0.2) is 24.3 Å². The lowest BCUT2D eigenvalue weighted by molar-refractivity contribution is 0.291. The lowest BCUT2D eigenvalue weighted by atomic mass is 9.87. The maximum atomic E-state index is 6.28. The lowest BCUT2D eigenvalue weighted by Crippen LogP contribution is -2.46. The van der Waals surface area contributed by atoms with Crippen molar-refractivity contribution >= 4 is 0 Å². The van der Waals surface area contributed by atoms with E-state index in [1.807, 2.05) is 0 Å². The summed E-state index contributed by atoms with van der Waals surface area (Å²) in [7, 11) is 0. The molecule has 98 valence electrons. The first-order chi connectivity index (χ1) is 8.58. The van der Waals surface area contributed by atoms with E-state index >= 15 is 0 Å². The minimum absolute atomic E-state index is 0.246. The van der Waals surface area contributed by atoms with Crippen molar-refractivity contribution in [2.45, 2.75) is 50.6 Å². The first-order valence-corrected chi connectivity index (χ1v) is 7.18. The summed E-state index contributed by atoms with van der Waals surface area (Å²) in [6, 6.07) is 9.72. The molecule has 1 saturated carbocycles. The Morgan fingerprint density at radius 3 is 2.44 bits per heavy atom. The van der Waals surface area contributed by atoms with Gasteiger partial charge in [0.15, 0.2) is 0 Å². The normalized spacial score (nSPS) is 34.3. The van der Waals surface area contributed by atoms with Crippen molar-refractivity contribution in [2.24, 2.45) is 11.7 Å².